The van der Waals surface area contributed by atoms with E-state index in [0.717, 1.165) is 18.5 Å². The van der Waals surface area contributed by atoms with Crippen LogP contribution in [0, 0.1) is 0 Å². The first-order valence-corrected chi connectivity index (χ1v) is 7.29. The molecule has 0 saturated heterocycles. The Kier molecular flexibility index (Phi) is 7.97. The van der Waals surface area contributed by atoms with Gasteiger partial charge in [0.2, 0.25) is 5.91 Å². The summed E-state index contributed by atoms with van der Waals surface area (Å²) in [5.41, 5.74) is 2.07. The van der Waals surface area contributed by atoms with Crippen LogP contribution in [0.3, 0.4) is 0 Å². The van der Waals surface area contributed by atoms with Gasteiger partial charge in [0, 0.05) is 19.3 Å². The fraction of sp³-hybridized carbons (Fsp3) is 0.562. The van der Waals surface area contributed by atoms with Crippen molar-refractivity contribution in [3.63, 3.8) is 0 Å². The molecule has 0 heterocycles. The van der Waals surface area contributed by atoms with E-state index in [1.165, 1.54) is 12.7 Å². The monoisotopic (exact) mass is 294 g/mol. The van der Waals surface area contributed by atoms with Crippen molar-refractivity contribution >= 4 is 11.6 Å². The first-order chi connectivity index (χ1) is 10.0. The number of nitrogens with one attached hydrogen (secondary N) is 1. The Morgan fingerprint density at radius 3 is 2.62 bits per heavy atom. The smallest absolute Gasteiger partial charge is 0.238 e. The predicted molar refractivity (Wildman–Crippen MR) is 84.4 cm³/mol. The molecule has 5 heteroatoms. The molecule has 1 aromatic carbocycles. The van der Waals surface area contributed by atoms with Crippen molar-refractivity contribution in [3.8, 4) is 0 Å². The Bertz CT molecular complexity index is 420. The van der Waals surface area contributed by atoms with Crippen LogP contribution in [0.5, 0.6) is 0 Å². The van der Waals surface area contributed by atoms with Crippen molar-refractivity contribution in [1.82, 2.24) is 4.90 Å². The zero-order valence-corrected chi connectivity index (χ0v) is 13.1. The molecule has 2 N–H and O–H groups in total. The van der Waals surface area contributed by atoms with Crippen LogP contribution in [0.15, 0.2) is 24.3 Å². The van der Waals surface area contributed by atoms with Crippen molar-refractivity contribution in [1.29, 1.82) is 0 Å². The molecule has 5 nitrogen and oxygen atoms in total. The summed E-state index contributed by atoms with van der Waals surface area (Å²) in [6.07, 6.45) is 1.58. The van der Waals surface area contributed by atoms with Gasteiger partial charge in [0.1, 0.15) is 0 Å². The number of nitrogens with zero attached hydrogens (tertiary/aromatic N) is 1. The van der Waals surface area contributed by atoms with E-state index in [1.54, 1.807) is 11.9 Å². The van der Waals surface area contributed by atoms with E-state index >= 15 is 0 Å². The number of hydrogen-bond acceptors (Lipinski definition) is 4. The number of rotatable bonds is 9. The summed E-state index contributed by atoms with van der Waals surface area (Å²) in [7, 11) is 3.33. The molecule has 1 atom stereocenters. The third-order valence-electron chi connectivity index (χ3n) is 3.07. The summed E-state index contributed by atoms with van der Waals surface area (Å²) in [5, 5.41) is 12.5. The molecule has 118 valence electrons. The molecule has 0 fully saturated rings. The molecule has 1 aromatic rings. The number of aryl methyl sites for hydroxylation is 1. The van der Waals surface area contributed by atoms with E-state index < -0.39 is 6.10 Å². The van der Waals surface area contributed by atoms with Gasteiger partial charge in [-0.15, -0.1) is 0 Å². The number of methoxy groups -OCH3 is 1. The highest BCUT2D eigenvalue weighted by Gasteiger charge is 2.11. The standard InChI is InChI=1S/C16H26N2O3/c1-4-5-13-6-8-14(9-7-13)17-16(20)11-18(2)10-15(19)12-21-3/h6-9,15,19H,4-5,10-12H2,1-3H3,(H,17,20). The fourth-order valence-electron chi connectivity index (χ4n) is 2.16. The molecule has 0 bridgehead atoms. The topological polar surface area (TPSA) is 61.8 Å². The van der Waals surface area contributed by atoms with Gasteiger partial charge in [-0.25, -0.2) is 0 Å². The van der Waals surface area contributed by atoms with Gasteiger partial charge in [-0.1, -0.05) is 25.5 Å². The Morgan fingerprint density at radius 1 is 1.38 bits per heavy atom. The first kappa shape index (κ1) is 17.6. The fourth-order valence-corrected chi connectivity index (χ4v) is 2.16. The summed E-state index contributed by atoms with van der Waals surface area (Å²) >= 11 is 0. The van der Waals surface area contributed by atoms with Gasteiger partial charge in [-0.05, 0) is 31.2 Å². The van der Waals surface area contributed by atoms with Crippen LogP contribution in [0.1, 0.15) is 18.9 Å². The zero-order valence-electron chi connectivity index (χ0n) is 13.1. The van der Waals surface area contributed by atoms with Gasteiger partial charge in [0.25, 0.3) is 0 Å². The van der Waals surface area contributed by atoms with Gasteiger partial charge >= 0.3 is 0 Å². The molecule has 0 spiro atoms. The molecular formula is C16H26N2O3. The zero-order chi connectivity index (χ0) is 15.7. The molecule has 1 unspecified atom stereocenters. The largest absolute Gasteiger partial charge is 0.389 e. The lowest BCUT2D eigenvalue weighted by molar-refractivity contribution is -0.117. The van der Waals surface area contributed by atoms with Crippen LogP contribution in [0.2, 0.25) is 0 Å². The van der Waals surface area contributed by atoms with Gasteiger partial charge in [-0.3, -0.25) is 9.69 Å². The lowest BCUT2D eigenvalue weighted by Gasteiger charge is -2.19. The third-order valence-corrected chi connectivity index (χ3v) is 3.07. The van der Waals surface area contributed by atoms with Crippen LogP contribution in [-0.2, 0) is 16.0 Å². The second-order valence-electron chi connectivity index (χ2n) is 5.30. The number of amides is 1. The maximum absolute atomic E-state index is 11.9. The number of aliphatic hydroxyl groups excluding tert-OH is 1. The summed E-state index contributed by atoms with van der Waals surface area (Å²) in [6, 6.07) is 7.90. The SMILES string of the molecule is CCCc1ccc(NC(=O)CN(C)CC(O)COC)cc1. The lowest BCUT2D eigenvalue weighted by Crippen LogP contribution is -2.37. The Balaban J connectivity index is 2.38. The van der Waals surface area contributed by atoms with E-state index in [0.29, 0.717) is 6.54 Å². The second-order valence-corrected chi connectivity index (χ2v) is 5.30. The minimum Gasteiger partial charge on any atom is -0.389 e. The van der Waals surface area contributed by atoms with Crippen molar-refractivity contribution < 1.29 is 14.6 Å². The van der Waals surface area contributed by atoms with E-state index in [2.05, 4.69) is 12.2 Å². The second kappa shape index (κ2) is 9.50. The van der Waals surface area contributed by atoms with Crippen LogP contribution in [0.25, 0.3) is 0 Å². The summed E-state index contributed by atoms with van der Waals surface area (Å²) < 4.78 is 4.86. The average Bonchev–Trinajstić information content (AvgIpc) is 2.41. The molecule has 0 aromatic heterocycles. The number of likely N-dealkylation sites (N-methyl/N-ethyl adjacent to an activating group) is 1. The molecule has 0 saturated carbocycles. The summed E-state index contributed by atoms with van der Waals surface area (Å²) in [5.74, 6) is -0.0923. The number of benzene rings is 1. The van der Waals surface area contributed by atoms with Crippen LogP contribution in [0.4, 0.5) is 5.69 Å². The molecule has 0 aliphatic rings. The molecule has 1 rings (SSSR count). The van der Waals surface area contributed by atoms with Gasteiger partial charge in [0.05, 0.1) is 19.3 Å². The van der Waals surface area contributed by atoms with Crippen LogP contribution < -0.4 is 5.32 Å². The number of anilines is 1. The molecule has 0 aliphatic carbocycles. The third kappa shape index (κ3) is 7.22. The maximum atomic E-state index is 11.9. The van der Waals surface area contributed by atoms with Gasteiger partial charge in [0.15, 0.2) is 0 Å². The van der Waals surface area contributed by atoms with Crippen molar-refractivity contribution in [2.45, 2.75) is 25.9 Å². The molecule has 0 radical (unpaired) electrons. The summed E-state index contributed by atoms with van der Waals surface area (Å²) in [4.78, 5) is 13.7. The quantitative estimate of drug-likeness (QED) is 0.725. The van der Waals surface area contributed by atoms with E-state index in [9.17, 15) is 9.90 Å². The molecule has 0 aliphatic heterocycles. The maximum Gasteiger partial charge on any atom is 0.238 e. The highest BCUT2D eigenvalue weighted by Crippen LogP contribution is 2.11. The van der Waals surface area contributed by atoms with E-state index in [4.69, 9.17) is 4.74 Å². The van der Waals surface area contributed by atoms with Gasteiger partial charge in [-0.2, -0.15) is 0 Å². The molecule has 21 heavy (non-hydrogen) atoms. The lowest BCUT2D eigenvalue weighted by atomic mass is 10.1. The molecule has 1 amide bonds. The minimum atomic E-state index is -0.582. The Labute approximate surface area is 126 Å². The normalized spacial score (nSPS) is 12.4. The summed E-state index contributed by atoms with van der Waals surface area (Å²) in [6.45, 7) is 3.04. The Hall–Kier alpha value is -1.43. The number of carbonyl (C=O) groups is 1. The van der Waals surface area contributed by atoms with Crippen molar-refractivity contribution in [2.75, 3.05) is 39.2 Å². The number of aliphatic hydroxyl groups is 1. The number of hydrogen-bond donors (Lipinski definition) is 2. The highest BCUT2D eigenvalue weighted by atomic mass is 16.5. The van der Waals surface area contributed by atoms with Crippen LogP contribution >= 0.6 is 0 Å². The van der Waals surface area contributed by atoms with E-state index in [-0.39, 0.29) is 19.1 Å². The Morgan fingerprint density at radius 2 is 2.05 bits per heavy atom. The first-order valence-electron chi connectivity index (χ1n) is 7.29. The number of carbonyl (C=O) groups excluding carboxylic acids is 1. The molecular weight excluding hydrogens is 268 g/mol. The minimum absolute atomic E-state index is 0.0923. The average molecular weight is 294 g/mol. The van der Waals surface area contributed by atoms with Crippen molar-refractivity contribution in [2.24, 2.45) is 0 Å². The highest BCUT2D eigenvalue weighted by molar-refractivity contribution is 5.92. The van der Waals surface area contributed by atoms with Gasteiger partial charge < -0.3 is 15.2 Å². The number of ether oxygens (including phenoxy) is 1. The van der Waals surface area contributed by atoms with Crippen LogP contribution in [-0.4, -0.2) is 55.9 Å². The van der Waals surface area contributed by atoms with E-state index in [1.807, 2.05) is 24.3 Å². The van der Waals surface area contributed by atoms with Crippen molar-refractivity contribution in [3.05, 3.63) is 29.8 Å². The predicted octanol–water partition coefficient (Wildman–Crippen LogP) is 1.52.